The number of anilines is 1. The molecule has 0 aliphatic rings. The number of carboxylic acids is 1. The Morgan fingerprint density at radius 2 is 2.10 bits per heavy atom. The molecule has 2 N–H and O–H groups in total. The van der Waals surface area contributed by atoms with Crippen molar-refractivity contribution >= 4 is 29.3 Å². The van der Waals surface area contributed by atoms with Gasteiger partial charge in [-0.15, -0.1) is 0 Å². The highest BCUT2D eigenvalue weighted by molar-refractivity contribution is 6.33. The summed E-state index contributed by atoms with van der Waals surface area (Å²) in [4.78, 5) is 24.4. The molecule has 0 saturated heterocycles. The van der Waals surface area contributed by atoms with Gasteiger partial charge in [0.05, 0.1) is 10.7 Å². The van der Waals surface area contributed by atoms with Crippen LogP contribution in [0.2, 0.25) is 5.02 Å². The van der Waals surface area contributed by atoms with Gasteiger partial charge in [-0.25, -0.2) is 4.79 Å². The van der Waals surface area contributed by atoms with E-state index in [1.54, 1.807) is 12.1 Å². The minimum absolute atomic E-state index is 0.172. The van der Waals surface area contributed by atoms with Crippen LogP contribution in [0.5, 0.6) is 0 Å². The first kappa shape index (κ1) is 16.3. The van der Waals surface area contributed by atoms with Crippen LogP contribution < -0.4 is 5.32 Å². The molecule has 1 rings (SSSR count). The van der Waals surface area contributed by atoms with Gasteiger partial charge in [0.25, 0.3) is 0 Å². The predicted octanol–water partition coefficient (Wildman–Crippen LogP) is 3.37. The lowest BCUT2D eigenvalue weighted by Gasteiger charge is -2.27. The number of hydrogen-bond donors (Lipinski definition) is 2. The van der Waals surface area contributed by atoms with Gasteiger partial charge in [-0.2, -0.15) is 0 Å². The number of benzene rings is 1. The molecule has 0 spiro atoms. The maximum Gasteiger partial charge on any atom is 0.323 e. The molecular formula is C14H19ClN2O3. The number of aryl methyl sites for hydroxylation is 1. The van der Waals surface area contributed by atoms with Crippen LogP contribution in [0.25, 0.3) is 0 Å². The van der Waals surface area contributed by atoms with Crippen molar-refractivity contribution in [3.63, 3.8) is 0 Å². The van der Waals surface area contributed by atoms with Crippen LogP contribution in [0.1, 0.15) is 25.8 Å². The Balaban J connectivity index is 2.93. The quantitative estimate of drug-likeness (QED) is 0.875. The average molecular weight is 299 g/mol. The van der Waals surface area contributed by atoms with E-state index in [1.165, 1.54) is 4.90 Å². The molecule has 1 unspecified atom stereocenters. The second-order valence-electron chi connectivity index (χ2n) is 4.64. The van der Waals surface area contributed by atoms with E-state index in [4.69, 9.17) is 16.7 Å². The summed E-state index contributed by atoms with van der Waals surface area (Å²) in [5.74, 6) is -1.05. The zero-order chi connectivity index (χ0) is 15.3. The number of hydrogen-bond acceptors (Lipinski definition) is 2. The topological polar surface area (TPSA) is 69.6 Å². The van der Waals surface area contributed by atoms with Gasteiger partial charge in [0.15, 0.2) is 0 Å². The van der Waals surface area contributed by atoms with Gasteiger partial charge in [-0.3, -0.25) is 4.79 Å². The van der Waals surface area contributed by atoms with Gasteiger partial charge in [-0.05, 0) is 31.9 Å². The monoisotopic (exact) mass is 298 g/mol. The molecule has 0 radical (unpaired) electrons. The van der Waals surface area contributed by atoms with E-state index in [2.05, 4.69) is 5.32 Å². The highest BCUT2D eigenvalue weighted by atomic mass is 35.5. The molecule has 0 aromatic heterocycles. The van der Waals surface area contributed by atoms with E-state index < -0.39 is 12.0 Å². The Kier molecular flexibility index (Phi) is 5.82. The van der Waals surface area contributed by atoms with Crippen LogP contribution in [0.4, 0.5) is 10.5 Å². The van der Waals surface area contributed by atoms with Crippen molar-refractivity contribution in [3.8, 4) is 0 Å². The molecule has 6 heteroatoms. The number of urea groups is 1. The molecule has 1 aromatic rings. The lowest BCUT2D eigenvalue weighted by atomic mass is 10.2. The Hall–Kier alpha value is -1.75. The van der Waals surface area contributed by atoms with Crippen LogP contribution in [0.15, 0.2) is 18.2 Å². The molecule has 0 bridgehead atoms. The summed E-state index contributed by atoms with van der Waals surface area (Å²) in [6.07, 6.45) is 0.669. The Morgan fingerprint density at radius 1 is 1.45 bits per heavy atom. The molecule has 110 valence electrons. The summed E-state index contributed by atoms with van der Waals surface area (Å²) < 4.78 is 0. The Morgan fingerprint density at radius 3 is 2.60 bits per heavy atom. The number of carbonyl (C=O) groups is 2. The summed E-state index contributed by atoms with van der Waals surface area (Å²) in [7, 11) is 0. The van der Waals surface area contributed by atoms with Gasteiger partial charge < -0.3 is 15.3 Å². The zero-order valence-corrected chi connectivity index (χ0v) is 12.6. The molecule has 0 fully saturated rings. The molecule has 0 aliphatic heterocycles. The molecule has 0 heterocycles. The first-order valence-corrected chi connectivity index (χ1v) is 6.79. The van der Waals surface area contributed by atoms with Crippen LogP contribution in [-0.2, 0) is 4.79 Å². The van der Waals surface area contributed by atoms with E-state index in [9.17, 15) is 9.59 Å². The summed E-state index contributed by atoms with van der Waals surface area (Å²) in [5.41, 5.74) is 1.34. The molecule has 1 aromatic carbocycles. The number of rotatable bonds is 5. The maximum atomic E-state index is 12.2. The second-order valence-corrected chi connectivity index (χ2v) is 5.05. The van der Waals surface area contributed by atoms with Crippen LogP contribution in [0.3, 0.4) is 0 Å². The molecule has 20 heavy (non-hydrogen) atoms. The van der Waals surface area contributed by atoms with Crippen molar-refractivity contribution in [2.75, 3.05) is 11.9 Å². The minimum Gasteiger partial charge on any atom is -0.480 e. The number of nitrogens with zero attached hydrogens (tertiary/aromatic N) is 1. The third kappa shape index (κ3) is 4.13. The molecule has 0 aliphatic carbocycles. The first-order chi connectivity index (χ1) is 9.36. The molecule has 5 nitrogen and oxygen atoms in total. The highest BCUT2D eigenvalue weighted by Gasteiger charge is 2.22. The van der Waals surface area contributed by atoms with Crippen LogP contribution in [-0.4, -0.2) is 34.6 Å². The molecular weight excluding hydrogens is 280 g/mol. The lowest BCUT2D eigenvalue weighted by molar-refractivity contribution is -0.138. The molecule has 2 amide bonds. The highest BCUT2D eigenvalue weighted by Crippen LogP contribution is 2.25. The van der Waals surface area contributed by atoms with Crippen molar-refractivity contribution in [2.45, 2.75) is 33.2 Å². The lowest BCUT2D eigenvalue weighted by Crippen LogP contribution is -2.44. The van der Waals surface area contributed by atoms with E-state index in [0.717, 1.165) is 5.56 Å². The number of aliphatic carboxylic acids is 1. The minimum atomic E-state index is -1.05. The standard InChI is InChI=1S/C14H19ClN2O3/c1-4-10(3)17(8-12(18)19)14(20)16-13-9(2)6-5-7-11(13)15/h5-7,10H,4,8H2,1-3H3,(H,16,20)(H,18,19). The fourth-order valence-electron chi connectivity index (χ4n) is 1.76. The third-order valence-corrected chi connectivity index (χ3v) is 3.46. The third-order valence-electron chi connectivity index (χ3n) is 3.14. The van der Waals surface area contributed by atoms with E-state index in [1.807, 2.05) is 26.8 Å². The number of carbonyl (C=O) groups excluding carboxylic acids is 1. The average Bonchev–Trinajstić information content (AvgIpc) is 2.39. The fraction of sp³-hybridized carbons (Fsp3) is 0.429. The van der Waals surface area contributed by atoms with Crippen LogP contribution >= 0.6 is 11.6 Å². The van der Waals surface area contributed by atoms with Gasteiger partial charge in [0.2, 0.25) is 0 Å². The first-order valence-electron chi connectivity index (χ1n) is 6.41. The zero-order valence-electron chi connectivity index (χ0n) is 11.8. The largest absolute Gasteiger partial charge is 0.480 e. The van der Waals surface area contributed by atoms with Gasteiger partial charge in [0.1, 0.15) is 6.54 Å². The number of carboxylic acid groups (broad SMARTS) is 1. The van der Waals surface area contributed by atoms with Crippen molar-refractivity contribution < 1.29 is 14.7 Å². The number of nitrogens with one attached hydrogen (secondary N) is 1. The van der Waals surface area contributed by atoms with Crippen LogP contribution in [0, 0.1) is 6.92 Å². The SMILES string of the molecule is CCC(C)N(CC(=O)O)C(=O)Nc1c(C)cccc1Cl. The molecule has 0 saturated carbocycles. The van der Waals surface area contributed by atoms with Crippen molar-refractivity contribution in [3.05, 3.63) is 28.8 Å². The van der Waals surface area contributed by atoms with Gasteiger partial charge in [0, 0.05) is 6.04 Å². The van der Waals surface area contributed by atoms with E-state index >= 15 is 0 Å². The van der Waals surface area contributed by atoms with Gasteiger partial charge in [-0.1, -0.05) is 30.7 Å². The van der Waals surface area contributed by atoms with Crippen molar-refractivity contribution in [2.24, 2.45) is 0 Å². The summed E-state index contributed by atoms with van der Waals surface area (Å²) in [6.45, 7) is 5.19. The van der Waals surface area contributed by atoms with E-state index in [0.29, 0.717) is 17.1 Å². The Labute approximate surface area is 123 Å². The maximum absolute atomic E-state index is 12.2. The smallest absolute Gasteiger partial charge is 0.323 e. The van der Waals surface area contributed by atoms with Gasteiger partial charge >= 0.3 is 12.0 Å². The summed E-state index contributed by atoms with van der Waals surface area (Å²) in [5, 5.41) is 12.0. The summed E-state index contributed by atoms with van der Waals surface area (Å²) in [6, 6.07) is 4.66. The van der Waals surface area contributed by atoms with Crippen molar-refractivity contribution in [1.82, 2.24) is 4.90 Å². The fourth-order valence-corrected chi connectivity index (χ4v) is 2.03. The normalized spacial score (nSPS) is 11.8. The second kappa shape index (κ2) is 7.14. The number of para-hydroxylation sites is 1. The molecule has 1 atom stereocenters. The Bertz CT molecular complexity index is 485. The van der Waals surface area contributed by atoms with Crippen molar-refractivity contribution in [1.29, 1.82) is 0 Å². The predicted molar refractivity (Wildman–Crippen MR) is 79.3 cm³/mol. The number of halogens is 1. The van der Waals surface area contributed by atoms with E-state index in [-0.39, 0.29) is 12.6 Å². The summed E-state index contributed by atoms with van der Waals surface area (Å²) >= 11 is 6.05. The number of amides is 2.